The van der Waals surface area contributed by atoms with Gasteiger partial charge in [0.05, 0.1) is 12.7 Å². The molecule has 1 atom stereocenters. The average Bonchev–Trinajstić information content (AvgIpc) is 2.64. The fourth-order valence-corrected chi connectivity index (χ4v) is 3.38. The van der Waals surface area contributed by atoms with Gasteiger partial charge < -0.3 is 20.6 Å². The van der Waals surface area contributed by atoms with Crippen LogP contribution in [0.3, 0.4) is 0 Å². The van der Waals surface area contributed by atoms with E-state index < -0.39 is 18.0 Å². The summed E-state index contributed by atoms with van der Waals surface area (Å²) in [6, 6.07) is 0. The van der Waals surface area contributed by atoms with Crippen molar-refractivity contribution in [3.8, 4) is 0 Å². The predicted molar refractivity (Wildman–Crippen MR) is 64.5 cm³/mol. The van der Waals surface area contributed by atoms with E-state index in [2.05, 4.69) is 5.32 Å². The van der Waals surface area contributed by atoms with Crippen molar-refractivity contribution in [2.75, 3.05) is 5.32 Å². The molecule has 1 amide bonds. The smallest absolute Gasteiger partial charge is 0.394 e. The monoisotopic (exact) mass is 271 g/mol. The number of thiophene rings is 1. The van der Waals surface area contributed by atoms with Crippen LogP contribution >= 0.6 is 11.3 Å². The molecule has 1 aromatic heterocycles. The molecule has 6 nitrogen and oxygen atoms in total. The summed E-state index contributed by atoms with van der Waals surface area (Å²) in [5.74, 6) is -2.69. The van der Waals surface area contributed by atoms with Crippen LogP contribution in [-0.4, -0.2) is 33.3 Å². The first-order valence-electron chi connectivity index (χ1n) is 5.49. The number of aliphatic carboxylic acids is 1. The number of carboxylic acid groups (broad SMARTS) is 1. The molecule has 1 heterocycles. The summed E-state index contributed by atoms with van der Waals surface area (Å²) in [5, 5.41) is 30.1. The van der Waals surface area contributed by atoms with E-state index in [1.54, 1.807) is 0 Å². The summed E-state index contributed by atoms with van der Waals surface area (Å²) >= 11 is 1.22. The molecule has 0 fully saturated rings. The Hall–Kier alpha value is -1.44. The molecule has 7 heteroatoms. The summed E-state index contributed by atoms with van der Waals surface area (Å²) < 4.78 is 0. The largest absolute Gasteiger partial charge is 0.474 e. The van der Waals surface area contributed by atoms with Gasteiger partial charge in [-0.2, -0.15) is 0 Å². The molecular weight excluding hydrogens is 258 g/mol. The SMILES string of the molecule is O=C(O)C(=O)Nc1sc2c(c1CO)CCC(O)C2. The second-order valence-electron chi connectivity index (χ2n) is 4.13. The van der Waals surface area contributed by atoms with Crippen molar-refractivity contribution >= 4 is 28.2 Å². The minimum absolute atomic E-state index is 0.253. The number of carbonyl (C=O) groups is 2. The molecule has 0 radical (unpaired) electrons. The van der Waals surface area contributed by atoms with Crippen LogP contribution in [0.1, 0.15) is 22.4 Å². The minimum Gasteiger partial charge on any atom is -0.474 e. The Labute approximate surface area is 107 Å². The third-order valence-electron chi connectivity index (χ3n) is 2.93. The molecule has 0 aromatic carbocycles. The number of anilines is 1. The van der Waals surface area contributed by atoms with Gasteiger partial charge in [-0.1, -0.05) is 0 Å². The molecular formula is C11H13NO5S. The van der Waals surface area contributed by atoms with E-state index in [-0.39, 0.29) is 6.61 Å². The minimum atomic E-state index is -1.56. The molecule has 0 saturated carbocycles. The number of carboxylic acids is 1. The van der Waals surface area contributed by atoms with Crippen molar-refractivity contribution in [3.05, 3.63) is 16.0 Å². The summed E-state index contributed by atoms with van der Waals surface area (Å²) in [7, 11) is 0. The highest BCUT2D eigenvalue weighted by atomic mass is 32.1. The topological polar surface area (TPSA) is 107 Å². The Bertz CT molecular complexity index is 496. The Kier molecular flexibility index (Phi) is 3.65. The van der Waals surface area contributed by atoms with Crippen molar-refractivity contribution in [1.29, 1.82) is 0 Å². The van der Waals surface area contributed by atoms with Gasteiger partial charge in [0.2, 0.25) is 0 Å². The third-order valence-corrected chi connectivity index (χ3v) is 4.14. The Balaban J connectivity index is 2.31. The van der Waals surface area contributed by atoms with Crippen LogP contribution in [0.25, 0.3) is 0 Å². The normalized spacial score (nSPS) is 18.2. The summed E-state index contributed by atoms with van der Waals surface area (Å²) in [5.41, 5.74) is 1.49. The Morgan fingerprint density at radius 2 is 2.17 bits per heavy atom. The highest BCUT2D eigenvalue weighted by Crippen LogP contribution is 2.38. The van der Waals surface area contributed by atoms with Crippen LogP contribution in [0.5, 0.6) is 0 Å². The molecule has 1 unspecified atom stereocenters. The van der Waals surface area contributed by atoms with Gasteiger partial charge in [-0.15, -0.1) is 11.3 Å². The number of carbonyl (C=O) groups excluding carboxylic acids is 1. The van der Waals surface area contributed by atoms with E-state index in [0.717, 1.165) is 10.4 Å². The van der Waals surface area contributed by atoms with Crippen molar-refractivity contribution in [3.63, 3.8) is 0 Å². The molecule has 1 aromatic rings. The fourth-order valence-electron chi connectivity index (χ4n) is 2.06. The lowest BCUT2D eigenvalue weighted by atomic mass is 9.94. The molecule has 2 rings (SSSR count). The van der Waals surface area contributed by atoms with Gasteiger partial charge in [0, 0.05) is 16.9 Å². The summed E-state index contributed by atoms with van der Waals surface area (Å²) in [6.45, 7) is -0.253. The van der Waals surface area contributed by atoms with E-state index >= 15 is 0 Å². The fraction of sp³-hybridized carbons (Fsp3) is 0.455. The maximum atomic E-state index is 11.1. The van der Waals surface area contributed by atoms with E-state index in [9.17, 15) is 19.8 Å². The molecule has 0 aliphatic heterocycles. The first-order valence-corrected chi connectivity index (χ1v) is 6.31. The van der Waals surface area contributed by atoms with E-state index in [0.29, 0.717) is 29.8 Å². The van der Waals surface area contributed by atoms with Crippen molar-refractivity contribution in [2.45, 2.75) is 32.0 Å². The first-order chi connectivity index (χ1) is 8.52. The van der Waals surface area contributed by atoms with Gasteiger partial charge in [-0.3, -0.25) is 4.79 Å². The molecule has 4 N–H and O–H groups in total. The number of aliphatic hydroxyl groups excluding tert-OH is 2. The molecule has 1 aliphatic carbocycles. The molecule has 0 saturated heterocycles. The highest BCUT2D eigenvalue weighted by Gasteiger charge is 2.25. The number of hydrogen-bond acceptors (Lipinski definition) is 5. The third kappa shape index (κ3) is 2.38. The lowest BCUT2D eigenvalue weighted by Gasteiger charge is -2.17. The zero-order chi connectivity index (χ0) is 13.3. The van der Waals surface area contributed by atoms with Gasteiger partial charge in [0.1, 0.15) is 5.00 Å². The van der Waals surface area contributed by atoms with Gasteiger partial charge in [-0.05, 0) is 18.4 Å². The molecule has 98 valence electrons. The lowest BCUT2D eigenvalue weighted by molar-refractivity contribution is -0.147. The maximum Gasteiger partial charge on any atom is 0.394 e. The number of nitrogens with one attached hydrogen (secondary N) is 1. The number of hydrogen-bond donors (Lipinski definition) is 4. The molecule has 0 bridgehead atoms. The predicted octanol–water partition coefficient (Wildman–Crippen LogP) is 0.113. The van der Waals surface area contributed by atoms with E-state index in [4.69, 9.17) is 5.11 Å². The van der Waals surface area contributed by atoms with Crippen molar-refractivity contribution < 1.29 is 24.9 Å². The standard InChI is InChI=1S/C11H13NO5S/c13-4-7-6-2-1-5(14)3-8(6)18-10(7)12-9(15)11(16)17/h5,13-14H,1-4H2,(H,12,15)(H,16,17). The van der Waals surface area contributed by atoms with Gasteiger partial charge in [0.25, 0.3) is 0 Å². The summed E-state index contributed by atoms with van der Waals surface area (Å²) in [6.07, 6.45) is 1.32. The van der Waals surface area contributed by atoms with Crippen LogP contribution in [-0.2, 0) is 29.0 Å². The Morgan fingerprint density at radius 1 is 1.44 bits per heavy atom. The zero-order valence-corrected chi connectivity index (χ0v) is 10.3. The van der Waals surface area contributed by atoms with Gasteiger partial charge >= 0.3 is 11.9 Å². The van der Waals surface area contributed by atoms with Crippen molar-refractivity contribution in [2.24, 2.45) is 0 Å². The Morgan fingerprint density at radius 3 is 2.78 bits per heavy atom. The maximum absolute atomic E-state index is 11.1. The van der Waals surface area contributed by atoms with E-state index in [1.165, 1.54) is 11.3 Å². The average molecular weight is 271 g/mol. The van der Waals surface area contributed by atoms with E-state index in [1.807, 2.05) is 0 Å². The second kappa shape index (κ2) is 5.05. The molecule has 18 heavy (non-hydrogen) atoms. The summed E-state index contributed by atoms with van der Waals surface area (Å²) in [4.78, 5) is 22.5. The number of fused-ring (bicyclic) bond motifs is 1. The second-order valence-corrected chi connectivity index (χ2v) is 5.23. The van der Waals surface area contributed by atoms with Gasteiger partial charge in [0.15, 0.2) is 0 Å². The van der Waals surface area contributed by atoms with Crippen LogP contribution in [0.4, 0.5) is 5.00 Å². The number of rotatable bonds is 2. The van der Waals surface area contributed by atoms with Crippen LogP contribution in [0.15, 0.2) is 0 Å². The van der Waals surface area contributed by atoms with Crippen LogP contribution in [0.2, 0.25) is 0 Å². The van der Waals surface area contributed by atoms with Gasteiger partial charge in [-0.25, -0.2) is 4.79 Å². The van der Waals surface area contributed by atoms with Crippen LogP contribution < -0.4 is 5.32 Å². The zero-order valence-electron chi connectivity index (χ0n) is 9.47. The number of aliphatic hydroxyl groups is 2. The first kappa shape index (κ1) is 13.0. The highest BCUT2D eigenvalue weighted by molar-refractivity contribution is 7.16. The molecule has 1 aliphatic rings. The quantitative estimate of drug-likeness (QED) is 0.571. The molecule has 0 spiro atoms. The number of amides is 1. The lowest BCUT2D eigenvalue weighted by Crippen LogP contribution is -2.22. The van der Waals surface area contributed by atoms with Crippen LogP contribution in [0, 0.1) is 0 Å². The van der Waals surface area contributed by atoms with Crippen molar-refractivity contribution in [1.82, 2.24) is 0 Å².